The zero-order valence-electron chi connectivity index (χ0n) is 19.9. The smallest absolute Gasteiger partial charge is 0.247 e. The second-order valence-electron chi connectivity index (χ2n) is 8.14. The number of ether oxygens (including phenoxy) is 1. The molecule has 0 bridgehead atoms. The van der Waals surface area contributed by atoms with Crippen molar-refractivity contribution < 1.29 is 13.9 Å². The Balaban J connectivity index is 1.75. The lowest BCUT2D eigenvalue weighted by Crippen LogP contribution is -2.23. The zero-order chi connectivity index (χ0) is 25.2. The van der Waals surface area contributed by atoms with Crippen LogP contribution in [-0.2, 0) is 4.79 Å². The fourth-order valence-corrected chi connectivity index (χ4v) is 3.67. The van der Waals surface area contributed by atoms with Gasteiger partial charge in [0.25, 0.3) is 0 Å². The summed E-state index contributed by atoms with van der Waals surface area (Å²) in [5.41, 5.74) is 1.30. The predicted molar refractivity (Wildman–Crippen MR) is 142 cm³/mol. The lowest BCUT2D eigenvalue weighted by atomic mass is 10.1. The molecule has 0 aliphatic heterocycles. The molecule has 0 spiro atoms. The van der Waals surface area contributed by atoms with Crippen molar-refractivity contribution in [1.29, 1.82) is 0 Å². The van der Waals surface area contributed by atoms with Gasteiger partial charge in [-0.05, 0) is 70.4 Å². The minimum atomic E-state index is -0.430. The van der Waals surface area contributed by atoms with Gasteiger partial charge in [-0.2, -0.15) is 0 Å². The van der Waals surface area contributed by atoms with Gasteiger partial charge in [-0.25, -0.2) is 14.4 Å². The van der Waals surface area contributed by atoms with Gasteiger partial charge in [-0.3, -0.25) is 4.79 Å². The molecule has 0 aliphatic rings. The van der Waals surface area contributed by atoms with Crippen molar-refractivity contribution in [2.45, 2.75) is 12.8 Å². The summed E-state index contributed by atoms with van der Waals surface area (Å²) in [5, 5.41) is 9.74. The van der Waals surface area contributed by atoms with E-state index in [2.05, 4.69) is 67.4 Å². The van der Waals surface area contributed by atoms with Crippen LogP contribution in [0.25, 0.3) is 10.9 Å². The Morgan fingerprint density at radius 1 is 1.17 bits per heavy atom. The second-order valence-corrected chi connectivity index (χ2v) is 9.05. The number of hydrogen-bond donors (Lipinski definition) is 3. The molecule has 0 atom stereocenters. The van der Waals surface area contributed by atoms with E-state index in [0.29, 0.717) is 45.8 Å². The third-order valence-electron chi connectivity index (χ3n) is 5.11. The normalized spacial score (nSPS) is 11.0. The van der Waals surface area contributed by atoms with Crippen molar-refractivity contribution in [2.75, 3.05) is 51.0 Å². The Bertz CT molecular complexity index is 1170. The number of benzene rings is 2. The van der Waals surface area contributed by atoms with Crippen molar-refractivity contribution >= 4 is 49.9 Å². The molecule has 0 saturated heterocycles. The van der Waals surface area contributed by atoms with Crippen molar-refractivity contribution in [1.82, 2.24) is 20.2 Å². The molecule has 0 aliphatic carbocycles. The molecular formula is C25H30BrFN6O2. The molecule has 0 saturated carbocycles. The summed E-state index contributed by atoms with van der Waals surface area (Å²) < 4.78 is 21.0. The largest absolute Gasteiger partial charge is 0.490 e. The van der Waals surface area contributed by atoms with E-state index >= 15 is 0 Å². The Morgan fingerprint density at radius 3 is 2.74 bits per heavy atom. The number of aromatic nitrogens is 2. The Kier molecular flexibility index (Phi) is 9.95. The third-order valence-corrected chi connectivity index (χ3v) is 5.60. The van der Waals surface area contributed by atoms with Crippen molar-refractivity contribution in [3.8, 4) is 5.75 Å². The van der Waals surface area contributed by atoms with E-state index in [-0.39, 0.29) is 11.6 Å². The third kappa shape index (κ3) is 7.98. The first-order chi connectivity index (χ1) is 16.9. The maximum absolute atomic E-state index is 14.4. The first-order valence-corrected chi connectivity index (χ1v) is 12.1. The molecule has 1 aromatic heterocycles. The van der Waals surface area contributed by atoms with Crippen LogP contribution in [0.2, 0.25) is 0 Å². The maximum Gasteiger partial charge on any atom is 0.247 e. The number of halogens is 2. The van der Waals surface area contributed by atoms with Gasteiger partial charge in [-0.1, -0.05) is 22.5 Å². The standard InChI is InChI=1S/C25H30BrFN6O2/c1-4-24(34)31-22-14-18-21(15-23(22)35-12-10-28-9-5-6-11-33(2)3)29-16-30-25(18)32-20-8-7-17(26)13-19(20)27/h4,7-8,13-16,28H,1,5-6,9-12H2,2-3H3,(H,31,34)(H,29,30,32). The van der Waals surface area contributed by atoms with Gasteiger partial charge in [0.2, 0.25) is 5.91 Å². The summed E-state index contributed by atoms with van der Waals surface area (Å²) in [6.07, 6.45) is 4.79. The van der Waals surface area contributed by atoms with Crippen LogP contribution < -0.4 is 20.7 Å². The molecule has 8 nitrogen and oxygen atoms in total. The monoisotopic (exact) mass is 544 g/mol. The van der Waals surface area contributed by atoms with E-state index in [1.807, 2.05) is 0 Å². The molecule has 186 valence electrons. The minimum Gasteiger partial charge on any atom is -0.490 e. The van der Waals surface area contributed by atoms with E-state index in [4.69, 9.17) is 4.74 Å². The van der Waals surface area contributed by atoms with Crippen LogP contribution in [0, 0.1) is 5.82 Å². The molecule has 1 amide bonds. The summed E-state index contributed by atoms with van der Waals surface area (Å²) in [6, 6.07) is 8.14. The van der Waals surface area contributed by atoms with Crippen LogP contribution in [0.5, 0.6) is 5.75 Å². The first-order valence-electron chi connectivity index (χ1n) is 11.3. The number of hydrogen-bond acceptors (Lipinski definition) is 7. The Labute approximate surface area is 213 Å². The number of unbranched alkanes of at least 4 members (excludes halogenated alkanes) is 1. The highest BCUT2D eigenvalue weighted by Crippen LogP contribution is 2.34. The fraction of sp³-hybridized carbons (Fsp3) is 0.320. The number of amides is 1. The zero-order valence-corrected chi connectivity index (χ0v) is 21.5. The Morgan fingerprint density at radius 2 is 2.00 bits per heavy atom. The number of anilines is 3. The van der Waals surface area contributed by atoms with E-state index < -0.39 is 5.82 Å². The number of carbonyl (C=O) groups excluding carboxylic acids is 1. The fourth-order valence-electron chi connectivity index (χ4n) is 3.34. The molecular weight excluding hydrogens is 515 g/mol. The van der Waals surface area contributed by atoms with Crippen LogP contribution in [0.15, 0.2) is 53.8 Å². The van der Waals surface area contributed by atoms with Gasteiger partial charge in [0.05, 0.1) is 16.9 Å². The number of carbonyl (C=O) groups is 1. The minimum absolute atomic E-state index is 0.266. The van der Waals surface area contributed by atoms with Gasteiger partial charge in [0, 0.05) is 22.5 Å². The van der Waals surface area contributed by atoms with Crippen LogP contribution in [0.4, 0.5) is 21.6 Å². The van der Waals surface area contributed by atoms with E-state index in [1.165, 1.54) is 18.5 Å². The summed E-state index contributed by atoms with van der Waals surface area (Å²) in [7, 11) is 4.13. The highest BCUT2D eigenvalue weighted by Gasteiger charge is 2.14. The number of nitrogens with zero attached hydrogens (tertiary/aromatic N) is 3. The number of fused-ring (bicyclic) bond motifs is 1. The topological polar surface area (TPSA) is 91.4 Å². The van der Waals surface area contributed by atoms with Crippen LogP contribution in [-0.4, -0.2) is 61.1 Å². The highest BCUT2D eigenvalue weighted by molar-refractivity contribution is 9.10. The van der Waals surface area contributed by atoms with Crippen LogP contribution in [0.3, 0.4) is 0 Å². The van der Waals surface area contributed by atoms with Crippen LogP contribution >= 0.6 is 15.9 Å². The van der Waals surface area contributed by atoms with Gasteiger partial charge in [0.1, 0.15) is 30.3 Å². The van der Waals surface area contributed by atoms with E-state index in [9.17, 15) is 9.18 Å². The van der Waals surface area contributed by atoms with Gasteiger partial charge >= 0.3 is 0 Å². The molecule has 3 N–H and O–H groups in total. The molecule has 10 heteroatoms. The number of nitrogens with one attached hydrogen (secondary N) is 3. The number of rotatable bonds is 13. The van der Waals surface area contributed by atoms with Crippen molar-refractivity contribution in [3.05, 3.63) is 59.6 Å². The molecule has 0 fully saturated rings. The lowest BCUT2D eigenvalue weighted by molar-refractivity contribution is -0.111. The molecule has 3 rings (SSSR count). The van der Waals surface area contributed by atoms with Gasteiger partial charge < -0.3 is 25.6 Å². The SMILES string of the molecule is C=CC(=O)Nc1cc2c(Nc3ccc(Br)cc3F)ncnc2cc1OCCNCCCCN(C)C. The lowest BCUT2D eigenvalue weighted by Gasteiger charge is -2.15. The van der Waals surface area contributed by atoms with E-state index in [1.54, 1.807) is 24.3 Å². The van der Waals surface area contributed by atoms with Gasteiger partial charge in [0.15, 0.2) is 0 Å². The first kappa shape index (κ1) is 26.5. The summed E-state index contributed by atoms with van der Waals surface area (Å²) in [6.45, 7) is 6.56. The second kappa shape index (κ2) is 13.1. The van der Waals surface area contributed by atoms with E-state index in [0.717, 1.165) is 25.9 Å². The molecule has 35 heavy (non-hydrogen) atoms. The van der Waals surface area contributed by atoms with Gasteiger partial charge in [-0.15, -0.1) is 0 Å². The molecule has 0 radical (unpaired) electrons. The summed E-state index contributed by atoms with van der Waals surface area (Å²) in [4.78, 5) is 22.8. The molecule has 2 aromatic carbocycles. The summed E-state index contributed by atoms with van der Waals surface area (Å²) in [5.74, 6) is 0.0665. The highest BCUT2D eigenvalue weighted by atomic mass is 79.9. The average molecular weight is 545 g/mol. The maximum atomic E-state index is 14.4. The van der Waals surface area contributed by atoms with Crippen molar-refractivity contribution in [3.63, 3.8) is 0 Å². The molecule has 0 unspecified atom stereocenters. The molecule has 3 aromatic rings. The quantitative estimate of drug-likeness (QED) is 0.212. The predicted octanol–water partition coefficient (Wildman–Crippen LogP) is 4.71. The Hall–Kier alpha value is -3.08. The molecule has 1 heterocycles. The average Bonchev–Trinajstić information content (AvgIpc) is 2.82. The van der Waals surface area contributed by atoms with Crippen LogP contribution in [0.1, 0.15) is 12.8 Å². The van der Waals surface area contributed by atoms with Crippen molar-refractivity contribution in [2.24, 2.45) is 0 Å². The summed E-state index contributed by atoms with van der Waals surface area (Å²) >= 11 is 3.25.